The number of esters is 1. The maximum Gasteiger partial charge on any atom is 0.339 e. The topological polar surface area (TPSA) is 88.5 Å². The zero-order chi connectivity index (χ0) is 16.1. The molecule has 0 spiro atoms. The van der Waals surface area contributed by atoms with Gasteiger partial charge in [-0.1, -0.05) is 0 Å². The van der Waals surface area contributed by atoms with E-state index >= 15 is 0 Å². The number of carbonyl (C=O) groups is 2. The maximum absolute atomic E-state index is 13.1. The Morgan fingerprint density at radius 2 is 2.09 bits per heavy atom. The van der Waals surface area contributed by atoms with Crippen molar-refractivity contribution in [3.05, 3.63) is 53.6 Å². The number of nitrogens with zero attached hydrogens (tertiary/aromatic N) is 1. The predicted octanol–water partition coefficient (Wildman–Crippen LogP) is 2.84. The largest absolute Gasteiger partial charge is 0.478 e. The van der Waals surface area contributed by atoms with Gasteiger partial charge in [-0.3, -0.25) is 4.98 Å². The molecule has 0 unspecified atom stereocenters. The van der Waals surface area contributed by atoms with Crippen LogP contribution in [0.2, 0.25) is 0 Å². The Kier molecular flexibility index (Phi) is 4.67. The molecule has 7 heteroatoms. The van der Waals surface area contributed by atoms with Crippen molar-refractivity contribution in [2.75, 3.05) is 11.9 Å². The van der Waals surface area contributed by atoms with E-state index in [1.807, 2.05) is 0 Å². The molecule has 0 amide bonds. The van der Waals surface area contributed by atoms with E-state index in [0.717, 1.165) is 12.1 Å². The molecule has 2 aromatic rings. The molecule has 0 aliphatic rings. The number of rotatable bonds is 5. The molecule has 2 rings (SSSR count). The minimum atomic E-state index is -1.27. The van der Waals surface area contributed by atoms with Gasteiger partial charge in [-0.15, -0.1) is 0 Å². The van der Waals surface area contributed by atoms with Crippen molar-refractivity contribution in [1.82, 2.24) is 4.98 Å². The van der Waals surface area contributed by atoms with Crippen molar-refractivity contribution in [1.29, 1.82) is 0 Å². The molecule has 0 aliphatic heterocycles. The second-order valence-corrected chi connectivity index (χ2v) is 4.30. The summed E-state index contributed by atoms with van der Waals surface area (Å²) >= 11 is 0. The van der Waals surface area contributed by atoms with Crippen LogP contribution in [0.15, 0.2) is 36.7 Å². The average Bonchev–Trinajstić information content (AvgIpc) is 2.49. The van der Waals surface area contributed by atoms with E-state index in [2.05, 4.69) is 10.3 Å². The molecule has 114 valence electrons. The van der Waals surface area contributed by atoms with Crippen molar-refractivity contribution in [3.63, 3.8) is 0 Å². The predicted molar refractivity (Wildman–Crippen MR) is 76.8 cm³/mol. The second-order valence-electron chi connectivity index (χ2n) is 4.30. The van der Waals surface area contributed by atoms with Crippen molar-refractivity contribution in [2.24, 2.45) is 0 Å². The van der Waals surface area contributed by atoms with Crippen LogP contribution in [-0.2, 0) is 4.74 Å². The standard InChI is InChI=1S/C15H13FN2O4/c1-2-22-15(21)9-5-11(8-17-7-9)18-13-4-3-10(16)6-12(13)14(19)20/h3-8,18H,2H2,1H3,(H,19,20). The number of aromatic carboxylic acids is 1. The van der Waals surface area contributed by atoms with E-state index in [1.54, 1.807) is 6.92 Å². The van der Waals surface area contributed by atoms with Crippen LogP contribution in [0.5, 0.6) is 0 Å². The highest BCUT2D eigenvalue weighted by Gasteiger charge is 2.13. The molecule has 0 saturated carbocycles. The Bertz CT molecular complexity index is 718. The van der Waals surface area contributed by atoms with Gasteiger partial charge in [-0.25, -0.2) is 14.0 Å². The van der Waals surface area contributed by atoms with Crippen LogP contribution in [0.1, 0.15) is 27.6 Å². The summed E-state index contributed by atoms with van der Waals surface area (Å²) in [6.07, 6.45) is 2.75. The first kappa shape index (κ1) is 15.4. The highest BCUT2D eigenvalue weighted by molar-refractivity contribution is 5.95. The number of benzene rings is 1. The average molecular weight is 304 g/mol. The lowest BCUT2D eigenvalue weighted by atomic mass is 10.1. The molecule has 0 bridgehead atoms. The molecule has 0 radical (unpaired) electrons. The number of carboxylic acids is 1. The third kappa shape index (κ3) is 3.57. The number of hydrogen-bond acceptors (Lipinski definition) is 5. The Balaban J connectivity index is 2.30. The van der Waals surface area contributed by atoms with Crippen molar-refractivity contribution in [3.8, 4) is 0 Å². The van der Waals surface area contributed by atoms with Crippen LogP contribution in [0.3, 0.4) is 0 Å². The van der Waals surface area contributed by atoms with Gasteiger partial charge in [0.15, 0.2) is 0 Å². The smallest absolute Gasteiger partial charge is 0.339 e. The Labute approximate surface area is 125 Å². The first-order chi connectivity index (χ1) is 10.5. The van der Waals surface area contributed by atoms with Gasteiger partial charge in [0.05, 0.1) is 35.3 Å². The molecule has 0 saturated heterocycles. The van der Waals surface area contributed by atoms with Crippen LogP contribution < -0.4 is 5.32 Å². The Hall–Kier alpha value is -2.96. The van der Waals surface area contributed by atoms with Gasteiger partial charge >= 0.3 is 11.9 Å². The first-order valence-electron chi connectivity index (χ1n) is 6.43. The Morgan fingerprint density at radius 1 is 1.32 bits per heavy atom. The van der Waals surface area contributed by atoms with E-state index in [0.29, 0.717) is 5.69 Å². The van der Waals surface area contributed by atoms with Crippen LogP contribution in [0.25, 0.3) is 0 Å². The number of halogens is 1. The summed E-state index contributed by atoms with van der Waals surface area (Å²) < 4.78 is 18.0. The molecule has 2 N–H and O–H groups in total. The fraction of sp³-hybridized carbons (Fsp3) is 0.133. The van der Waals surface area contributed by atoms with Gasteiger partial charge in [0, 0.05) is 6.20 Å². The molecule has 22 heavy (non-hydrogen) atoms. The molecule has 0 fully saturated rings. The number of nitrogens with one attached hydrogen (secondary N) is 1. The number of aromatic nitrogens is 1. The molecule has 1 aromatic carbocycles. The fourth-order valence-electron chi connectivity index (χ4n) is 1.79. The zero-order valence-corrected chi connectivity index (χ0v) is 11.7. The molecular weight excluding hydrogens is 291 g/mol. The molecule has 1 heterocycles. The highest BCUT2D eigenvalue weighted by atomic mass is 19.1. The van der Waals surface area contributed by atoms with E-state index in [1.165, 1.54) is 24.5 Å². The lowest BCUT2D eigenvalue weighted by Crippen LogP contribution is -2.07. The number of pyridine rings is 1. The maximum atomic E-state index is 13.1. The quantitative estimate of drug-likeness (QED) is 0.826. The number of ether oxygens (including phenoxy) is 1. The molecular formula is C15H13FN2O4. The first-order valence-corrected chi connectivity index (χ1v) is 6.43. The summed E-state index contributed by atoms with van der Waals surface area (Å²) in [5.74, 6) is -2.45. The summed E-state index contributed by atoms with van der Waals surface area (Å²) in [6, 6.07) is 4.82. The van der Waals surface area contributed by atoms with Crippen LogP contribution in [0.4, 0.5) is 15.8 Å². The number of carbonyl (C=O) groups excluding carboxylic acids is 1. The number of hydrogen-bond donors (Lipinski definition) is 2. The van der Waals surface area contributed by atoms with E-state index in [9.17, 15) is 14.0 Å². The zero-order valence-electron chi connectivity index (χ0n) is 11.7. The van der Waals surface area contributed by atoms with Gasteiger partial charge in [0.1, 0.15) is 5.82 Å². The van der Waals surface area contributed by atoms with Crippen molar-refractivity contribution < 1.29 is 23.8 Å². The van der Waals surface area contributed by atoms with Crippen molar-refractivity contribution in [2.45, 2.75) is 6.92 Å². The lowest BCUT2D eigenvalue weighted by Gasteiger charge is -2.10. The fourth-order valence-corrected chi connectivity index (χ4v) is 1.79. The van der Waals surface area contributed by atoms with E-state index in [-0.39, 0.29) is 23.4 Å². The van der Waals surface area contributed by atoms with Gasteiger partial charge in [-0.05, 0) is 31.2 Å². The minimum Gasteiger partial charge on any atom is -0.478 e. The van der Waals surface area contributed by atoms with Gasteiger partial charge in [0.2, 0.25) is 0 Å². The minimum absolute atomic E-state index is 0.191. The molecule has 6 nitrogen and oxygen atoms in total. The summed E-state index contributed by atoms with van der Waals surface area (Å²) in [5, 5.41) is 11.9. The van der Waals surface area contributed by atoms with Crippen LogP contribution in [-0.4, -0.2) is 28.6 Å². The summed E-state index contributed by atoms with van der Waals surface area (Å²) in [6.45, 7) is 1.92. The Morgan fingerprint density at radius 3 is 2.77 bits per heavy atom. The monoisotopic (exact) mass is 304 g/mol. The summed E-state index contributed by atoms with van der Waals surface area (Å²) in [7, 11) is 0. The van der Waals surface area contributed by atoms with Gasteiger partial charge in [0.25, 0.3) is 0 Å². The normalized spacial score (nSPS) is 10.1. The molecule has 1 aromatic heterocycles. The number of carboxylic acid groups (broad SMARTS) is 1. The SMILES string of the molecule is CCOC(=O)c1cncc(Nc2ccc(F)cc2C(=O)O)c1. The highest BCUT2D eigenvalue weighted by Crippen LogP contribution is 2.22. The third-order valence-electron chi connectivity index (χ3n) is 2.74. The summed E-state index contributed by atoms with van der Waals surface area (Å²) in [5.41, 5.74) is 0.587. The molecule has 0 atom stereocenters. The van der Waals surface area contributed by atoms with Crippen LogP contribution >= 0.6 is 0 Å². The van der Waals surface area contributed by atoms with Crippen molar-refractivity contribution >= 4 is 23.3 Å². The number of anilines is 2. The summed E-state index contributed by atoms with van der Waals surface area (Å²) in [4.78, 5) is 26.7. The van der Waals surface area contributed by atoms with Gasteiger partial charge < -0.3 is 15.2 Å². The second kappa shape index (κ2) is 6.66. The van der Waals surface area contributed by atoms with E-state index < -0.39 is 17.8 Å². The third-order valence-corrected chi connectivity index (χ3v) is 2.74. The van der Waals surface area contributed by atoms with E-state index in [4.69, 9.17) is 9.84 Å². The molecule has 0 aliphatic carbocycles. The van der Waals surface area contributed by atoms with Gasteiger partial charge in [-0.2, -0.15) is 0 Å². The van der Waals surface area contributed by atoms with Crippen LogP contribution in [0, 0.1) is 5.82 Å². The lowest BCUT2D eigenvalue weighted by molar-refractivity contribution is 0.0525.